The first-order chi connectivity index (χ1) is 17.5. The van der Waals surface area contributed by atoms with Gasteiger partial charge in [-0.25, -0.2) is 0 Å². The van der Waals surface area contributed by atoms with E-state index in [9.17, 15) is 0 Å². The van der Waals surface area contributed by atoms with Gasteiger partial charge >= 0.3 is 0 Å². The Morgan fingerprint density at radius 1 is 0.583 bits per heavy atom. The minimum Gasteiger partial charge on any atom is -0.382 e. The molecule has 0 saturated carbocycles. The maximum absolute atomic E-state index is 5.72. The summed E-state index contributed by atoms with van der Waals surface area (Å²) in [4.78, 5) is 13.7. The second-order valence-electron chi connectivity index (χ2n) is 9.42. The summed E-state index contributed by atoms with van der Waals surface area (Å²) in [7, 11) is 8.20. The van der Waals surface area contributed by atoms with Crippen LogP contribution in [0.3, 0.4) is 0 Å². The lowest BCUT2D eigenvalue weighted by atomic mass is 10.0. The van der Waals surface area contributed by atoms with E-state index in [0.717, 1.165) is 83.3 Å². The molecule has 0 unspecified atom stereocenters. The summed E-state index contributed by atoms with van der Waals surface area (Å²) in [5.74, 6) is 0. The number of likely N-dealkylation sites (N-methyl/N-ethyl adjacent to an activating group) is 2. The van der Waals surface area contributed by atoms with Crippen molar-refractivity contribution in [3.05, 3.63) is 48.8 Å². The van der Waals surface area contributed by atoms with Crippen molar-refractivity contribution in [2.75, 3.05) is 91.4 Å². The molecule has 0 atom stereocenters. The highest BCUT2D eigenvalue weighted by molar-refractivity contribution is 6.18. The third-order valence-corrected chi connectivity index (χ3v) is 6.10. The molecule has 8 nitrogen and oxygen atoms in total. The van der Waals surface area contributed by atoms with Crippen LogP contribution in [-0.4, -0.2) is 101 Å². The van der Waals surface area contributed by atoms with Crippen LogP contribution in [0.2, 0.25) is 0 Å². The summed E-state index contributed by atoms with van der Waals surface area (Å²) in [5, 5.41) is 11.4. The van der Waals surface area contributed by atoms with E-state index in [1.807, 2.05) is 24.5 Å². The van der Waals surface area contributed by atoms with E-state index in [0.29, 0.717) is 13.2 Å². The molecule has 0 fully saturated rings. The largest absolute Gasteiger partial charge is 0.382 e. The SMILES string of the molecule is CN(C)CCOCCNc1ccnc2c1ccc1c2ccc2c(NCCOCCN(C)C)ccnc21. The second-order valence-corrected chi connectivity index (χ2v) is 9.42. The number of hydrogen-bond acceptors (Lipinski definition) is 8. The molecule has 192 valence electrons. The van der Waals surface area contributed by atoms with Crippen LogP contribution >= 0.6 is 0 Å². The molecule has 2 heterocycles. The van der Waals surface area contributed by atoms with Gasteiger partial charge in [0.1, 0.15) is 0 Å². The lowest BCUT2D eigenvalue weighted by Crippen LogP contribution is -2.20. The normalized spacial score (nSPS) is 11.8. The van der Waals surface area contributed by atoms with Crippen LogP contribution in [0.15, 0.2) is 48.8 Å². The van der Waals surface area contributed by atoms with Crippen LogP contribution in [0.5, 0.6) is 0 Å². The van der Waals surface area contributed by atoms with Crippen LogP contribution in [-0.2, 0) is 9.47 Å². The minimum atomic E-state index is 0.663. The number of fused-ring (bicyclic) bond motifs is 5. The highest BCUT2D eigenvalue weighted by atomic mass is 16.5. The van der Waals surface area contributed by atoms with Gasteiger partial charge in [-0.15, -0.1) is 0 Å². The van der Waals surface area contributed by atoms with Gasteiger partial charge in [0.25, 0.3) is 0 Å². The number of hydrogen-bond donors (Lipinski definition) is 2. The molecular weight excluding hydrogens is 452 g/mol. The van der Waals surface area contributed by atoms with Crippen LogP contribution in [0.4, 0.5) is 11.4 Å². The van der Waals surface area contributed by atoms with E-state index in [4.69, 9.17) is 19.4 Å². The molecule has 0 aliphatic rings. The number of anilines is 2. The van der Waals surface area contributed by atoms with Crippen molar-refractivity contribution >= 4 is 44.0 Å². The molecule has 0 amide bonds. The van der Waals surface area contributed by atoms with Crippen LogP contribution in [0, 0.1) is 0 Å². The molecule has 0 bridgehead atoms. The molecule has 36 heavy (non-hydrogen) atoms. The Bertz CT molecular complexity index is 1180. The Labute approximate surface area is 213 Å². The topological polar surface area (TPSA) is 74.8 Å². The number of nitrogens with one attached hydrogen (secondary N) is 2. The van der Waals surface area contributed by atoms with Gasteiger partial charge in [0, 0.05) is 71.5 Å². The molecule has 0 radical (unpaired) electrons. The zero-order valence-corrected chi connectivity index (χ0v) is 21.9. The summed E-state index contributed by atoms with van der Waals surface area (Å²) in [6.07, 6.45) is 3.73. The van der Waals surface area contributed by atoms with Crippen molar-refractivity contribution in [2.24, 2.45) is 0 Å². The highest BCUT2D eigenvalue weighted by Gasteiger charge is 2.11. The minimum absolute atomic E-state index is 0.663. The van der Waals surface area contributed by atoms with Gasteiger partial charge in [-0.05, 0) is 40.3 Å². The molecule has 4 rings (SSSR count). The van der Waals surface area contributed by atoms with Gasteiger partial charge in [-0.1, -0.05) is 24.3 Å². The third kappa shape index (κ3) is 6.59. The molecule has 2 aromatic carbocycles. The average Bonchev–Trinajstić information content (AvgIpc) is 2.87. The third-order valence-electron chi connectivity index (χ3n) is 6.10. The zero-order valence-electron chi connectivity index (χ0n) is 21.9. The molecule has 0 saturated heterocycles. The Balaban J connectivity index is 1.49. The first-order valence-corrected chi connectivity index (χ1v) is 12.6. The summed E-state index contributed by atoms with van der Waals surface area (Å²) in [5.41, 5.74) is 4.08. The number of benzene rings is 2. The van der Waals surface area contributed by atoms with Crippen molar-refractivity contribution in [3.8, 4) is 0 Å². The first-order valence-electron chi connectivity index (χ1n) is 12.6. The monoisotopic (exact) mass is 490 g/mol. The Morgan fingerprint density at radius 2 is 1.00 bits per heavy atom. The standard InChI is InChI=1S/C28H38N6O2/c1-33(2)15-19-35-17-13-29-25-9-11-31-27-21-6-8-24-26(30-14-18-36-20-16-34(3)4)10-12-32-28(24)22(21)5-7-23(25)27/h5-12H,13-20H2,1-4H3,(H,29,31)(H,30,32). The molecule has 2 aromatic heterocycles. The van der Waals surface area contributed by atoms with E-state index < -0.39 is 0 Å². The molecule has 4 aromatic rings. The van der Waals surface area contributed by atoms with Gasteiger partial charge < -0.3 is 29.9 Å². The number of ether oxygens (including phenoxy) is 2. The van der Waals surface area contributed by atoms with Crippen molar-refractivity contribution in [1.82, 2.24) is 19.8 Å². The maximum atomic E-state index is 5.72. The lowest BCUT2D eigenvalue weighted by Gasteiger charge is -2.14. The van der Waals surface area contributed by atoms with Gasteiger partial charge in [0.15, 0.2) is 0 Å². The van der Waals surface area contributed by atoms with Gasteiger partial charge in [0.2, 0.25) is 0 Å². The Hall–Kier alpha value is -3.04. The van der Waals surface area contributed by atoms with Gasteiger partial charge in [-0.3, -0.25) is 9.97 Å². The van der Waals surface area contributed by atoms with Gasteiger partial charge in [-0.2, -0.15) is 0 Å². The van der Waals surface area contributed by atoms with Crippen molar-refractivity contribution in [3.63, 3.8) is 0 Å². The summed E-state index contributed by atoms with van der Waals surface area (Å²) < 4.78 is 11.4. The molecule has 0 aliphatic carbocycles. The van der Waals surface area contributed by atoms with Crippen LogP contribution < -0.4 is 10.6 Å². The lowest BCUT2D eigenvalue weighted by molar-refractivity contribution is 0.126. The van der Waals surface area contributed by atoms with Crippen molar-refractivity contribution in [1.29, 1.82) is 0 Å². The van der Waals surface area contributed by atoms with Crippen molar-refractivity contribution < 1.29 is 9.47 Å². The summed E-state index contributed by atoms with van der Waals surface area (Å²) >= 11 is 0. The highest BCUT2D eigenvalue weighted by Crippen LogP contribution is 2.34. The quantitative estimate of drug-likeness (QED) is 0.204. The smallest absolute Gasteiger partial charge is 0.0801 e. The molecule has 2 N–H and O–H groups in total. The van der Waals surface area contributed by atoms with Crippen molar-refractivity contribution in [2.45, 2.75) is 0 Å². The average molecular weight is 491 g/mol. The predicted octanol–water partition coefficient (Wildman–Crippen LogP) is 3.92. The predicted molar refractivity (Wildman–Crippen MR) is 150 cm³/mol. The molecular formula is C28H38N6O2. The molecule has 0 aliphatic heterocycles. The summed E-state index contributed by atoms with van der Waals surface area (Å²) in [6.45, 7) is 6.14. The fraction of sp³-hybridized carbons (Fsp3) is 0.429. The Kier molecular flexibility index (Phi) is 9.24. The first kappa shape index (κ1) is 26.0. The van der Waals surface area contributed by atoms with E-state index in [1.165, 1.54) is 0 Å². The summed E-state index contributed by atoms with van der Waals surface area (Å²) in [6, 6.07) is 12.6. The van der Waals surface area contributed by atoms with E-state index in [2.05, 4.69) is 72.9 Å². The van der Waals surface area contributed by atoms with E-state index in [-0.39, 0.29) is 0 Å². The second kappa shape index (κ2) is 12.8. The zero-order chi connectivity index (χ0) is 25.3. The maximum Gasteiger partial charge on any atom is 0.0801 e. The van der Waals surface area contributed by atoms with Gasteiger partial charge in [0.05, 0.1) is 37.5 Å². The van der Waals surface area contributed by atoms with Crippen LogP contribution in [0.25, 0.3) is 32.6 Å². The van der Waals surface area contributed by atoms with E-state index in [1.54, 1.807) is 0 Å². The van der Waals surface area contributed by atoms with E-state index >= 15 is 0 Å². The molecule has 0 spiro atoms. The van der Waals surface area contributed by atoms with Crippen LogP contribution in [0.1, 0.15) is 0 Å². The number of rotatable bonds is 14. The molecule has 8 heteroatoms. The fourth-order valence-electron chi connectivity index (χ4n) is 4.16. The fourth-order valence-corrected chi connectivity index (χ4v) is 4.16. The Morgan fingerprint density at radius 3 is 1.42 bits per heavy atom. The number of aromatic nitrogens is 2. The number of nitrogens with zero attached hydrogens (tertiary/aromatic N) is 4. The number of pyridine rings is 2.